The molecule has 0 radical (unpaired) electrons. The molecule has 0 atom stereocenters. The Bertz CT molecular complexity index is 3520. The third-order valence-electron chi connectivity index (χ3n) is 12.6. The highest BCUT2D eigenvalue weighted by Crippen LogP contribution is 2.53. The molecule has 3 nitrogen and oxygen atoms in total. The standard InChI is InChI=1S/C57H38N2O/c1-57(2)48-24-12-23-45(54(48)46-31-38-16-6-7-17-39(38)33-49(46)57)41-19-11-21-43(30-41)51-34-50(58-56(59-51)36-14-4-3-5-15-36)42-20-10-18-37(29-42)40-26-27-52-47(32-40)55-44-22-9-8-13-35(44)25-28-53(55)60-52/h3-34H,1-2H3. The van der Waals surface area contributed by atoms with Crippen LogP contribution in [0.15, 0.2) is 199 Å². The summed E-state index contributed by atoms with van der Waals surface area (Å²) in [6.45, 7) is 4.71. The van der Waals surface area contributed by atoms with Crippen molar-refractivity contribution in [1.82, 2.24) is 9.97 Å². The van der Waals surface area contributed by atoms with E-state index in [0.717, 1.165) is 61.1 Å². The molecule has 0 unspecified atom stereocenters. The van der Waals surface area contributed by atoms with E-state index in [1.807, 2.05) is 18.2 Å². The van der Waals surface area contributed by atoms with Crippen LogP contribution in [0.5, 0.6) is 0 Å². The second-order valence-electron chi connectivity index (χ2n) is 16.6. The van der Waals surface area contributed by atoms with Gasteiger partial charge in [-0.1, -0.05) is 159 Å². The lowest BCUT2D eigenvalue weighted by molar-refractivity contribution is 0.661. The Morgan fingerprint density at radius 3 is 1.80 bits per heavy atom. The van der Waals surface area contributed by atoms with Crippen molar-refractivity contribution < 1.29 is 4.42 Å². The Labute approximate surface area is 348 Å². The molecular formula is C57H38N2O. The first-order chi connectivity index (χ1) is 29.5. The monoisotopic (exact) mass is 766 g/mol. The van der Waals surface area contributed by atoms with E-state index in [1.54, 1.807) is 0 Å². The van der Waals surface area contributed by atoms with Crippen molar-refractivity contribution in [2.24, 2.45) is 0 Å². The van der Waals surface area contributed by atoms with E-state index in [-0.39, 0.29) is 5.41 Å². The predicted molar refractivity (Wildman–Crippen MR) is 249 cm³/mol. The van der Waals surface area contributed by atoms with Gasteiger partial charge in [0.25, 0.3) is 0 Å². The van der Waals surface area contributed by atoms with Gasteiger partial charge >= 0.3 is 0 Å². The number of furan rings is 1. The van der Waals surface area contributed by atoms with Gasteiger partial charge in [-0.3, -0.25) is 0 Å². The maximum Gasteiger partial charge on any atom is 0.160 e. The first-order valence-electron chi connectivity index (χ1n) is 20.6. The zero-order chi connectivity index (χ0) is 40.0. The Morgan fingerprint density at radius 2 is 1.00 bits per heavy atom. The molecular weight excluding hydrogens is 729 g/mol. The molecule has 0 amide bonds. The van der Waals surface area contributed by atoms with E-state index in [0.29, 0.717) is 5.82 Å². The van der Waals surface area contributed by atoms with Gasteiger partial charge in [0.15, 0.2) is 5.82 Å². The van der Waals surface area contributed by atoms with Crippen LogP contribution < -0.4 is 0 Å². The summed E-state index contributed by atoms with van der Waals surface area (Å²) in [7, 11) is 0. The molecule has 3 heteroatoms. The molecule has 12 rings (SSSR count). The SMILES string of the molecule is CC1(C)c2cc3ccccc3cc2-c2c(-c3cccc(-c4cc(-c5cccc(-c6ccc7oc8ccc9ccccc9c8c7c6)c5)nc(-c5ccccc5)n4)c3)cccc21. The minimum absolute atomic E-state index is 0.116. The van der Waals surface area contributed by atoms with E-state index < -0.39 is 0 Å². The second kappa shape index (κ2) is 13.2. The molecule has 0 aliphatic heterocycles. The highest BCUT2D eigenvalue weighted by atomic mass is 16.3. The fourth-order valence-electron chi connectivity index (χ4n) is 9.60. The molecule has 2 heterocycles. The van der Waals surface area contributed by atoms with Crippen molar-refractivity contribution in [2.75, 3.05) is 0 Å². The lowest BCUT2D eigenvalue weighted by Gasteiger charge is -2.22. The molecule has 60 heavy (non-hydrogen) atoms. The first kappa shape index (κ1) is 34.4. The Morgan fingerprint density at radius 1 is 0.383 bits per heavy atom. The van der Waals surface area contributed by atoms with Gasteiger partial charge in [0.1, 0.15) is 11.2 Å². The van der Waals surface area contributed by atoms with Gasteiger partial charge in [-0.15, -0.1) is 0 Å². The smallest absolute Gasteiger partial charge is 0.160 e. The minimum Gasteiger partial charge on any atom is -0.456 e. The van der Waals surface area contributed by atoms with Crippen molar-refractivity contribution in [3.63, 3.8) is 0 Å². The summed E-state index contributed by atoms with van der Waals surface area (Å²) in [5, 5.41) is 7.21. The summed E-state index contributed by atoms with van der Waals surface area (Å²) >= 11 is 0. The maximum atomic E-state index is 6.34. The average molecular weight is 767 g/mol. The van der Waals surface area contributed by atoms with Crippen LogP contribution in [-0.2, 0) is 5.41 Å². The van der Waals surface area contributed by atoms with Crippen LogP contribution in [-0.4, -0.2) is 9.97 Å². The first-order valence-corrected chi connectivity index (χ1v) is 20.6. The molecule has 9 aromatic carbocycles. The Balaban J connectivity index is 0.983. The van der Waals surface area contributed by atoms with Crippen LogP contribution in [0.4, 0.5) is 0 Å². The molecule has 0 N–H and O–H groups in total. The van der Waals surface area contributed by atoms with Gasteiger partial charge < -0.3 is 4.42 Å². The summed E-state index contributed by atoms with van der Waals surface area (Å²) in [5.41, 5.74) is 16.5. The van der Waals surface area contributed by atoms with Crippen LogP contribution >= 0.6 is 0 Å². The van der Waals surface area contributed by atoms with Gasteiger partial charge in [-0.25, -0.2) is 9.97 Å². The van der Waals surface area contributed by atoms with Crippen LogP contribution in [0.1, 0.15) is 25.0 Å². The molecule has 282 valence electrons. The highest BCUT2D eigenvalue weighted by Gasteiger charge is 2.37. The molecule has 1 aliphatic carbocycles. The molecule has 11 aromatic rings. The van der Waals surface area contributed by atoms with Crippen LogP contribution in [0.25, 0.3) is 111 Å². The lowest BCUT2D eigenvalue weighted by atomic mass is 9.81. The average Bonchev–Trinajstić information content (AvgIpc) is 3.80. The van der Waals surface area contributed by atoms with Gasteiger partial charge in [-0.05, 0) is 115 Å². The van der Waals surface area contributed by atoms with E-state index in [9.17, 15) is 0 Å². The summed E-state index contributed by atoms with van der Waals surface area (Å²) in [6.07, 6.45) is 0. The van der Waals surface area contributed by atoms with Crippen molar-refractivity contribution in [2.45, 2.75) is 19.3 Å². The van der Waals surface area contributed by atoms with Gasteiger partial charge in [0.2, 0.25) is 0 Å². The fourth-order valence-corrected chi connectivity index (χ4v) is 9.60. The van der Waals surface area contributed by atoms with E-state index >= 15 is 0 Å². The quantitative estimate of drug-likeness (QED) is 0.175. The largest absolute Gasteiger partial charge is 0.456 e. The van der Waals surface area contributed by atoms with Crippen molar-refractivity contribution in [1.29, 1.82) is 0 Å². The second-order valence-corrected chi connectivity index (χ2v) is 16.6. The lowest BCUT2D eigenvalue weighted by Crippen LogP contribution is -2.14. The van der Waals surface area contributed by atoms with Crippen molar-refractivity contribution in [3.05, 3.63) is 205 Å². The molecule has 2 aromatic heterocycles. The summed E-state index contributed by atoms with van der Waals surface area (Å²) in [5.74, 6) is 0.695. The third-order valence-corrected chi connectivity index (χ3v) is 12.6. The third kappa shape index (κ3) is 5.43. The molecule has 0 fully saturated rings. The molecule has 1 aliphatic rings. The summed E-state index contributed by atoms with van der Waals surface area (Å²) in [4.78, 5) is 10.5. The van der Waals surface area contributed by atoms with Crippen molar-refractivity contribution >= 4 is 43.5 Å². The number of nitrogens with zero attached hydrogens (tertiary/aromatic N) is 2. The number of benzene rings is 9. The number of rotatable bonds is 5. The molecule has 0 saturated heterocycles. The van der Waals surface area contributed by atoms with Crippen LogP contribution in [0.2, 0.25) is 0 Å². The molecule has 0 bridgehead atoms. The highest BCUT2D eigenvalue weighted by molar-refractivity contribution is 6.19. The predicted octanol–water partition coefficient (Wildman–Crippen LogP) is 15.3. The molecule has 0 saturated carbocycles. The zero-order valence-corrected chi connectivity index (χ0v) is 33.3. The number of aromatic nitrogens is 2. The fraction of sp³-hybridized carbons (Fsp3) is 0.0526. The maximum absolute atomic E-state index is 6.34. The normalized spacial score (nSPS) is 13.0. The van der Waals surface area contributed by atoms with E-state index in [2.05, 4.69) is 190 Å². The van der Waals surface area contributed by atoms with Gasteiger partial charge in [0, 0.05) is 32.9 Å². The topological polar surface area (TPSA) is 38.9 Å². The number of hydrogen-bond donors (Lipinski definition) is 0. The van der Waals surface area contributed by atoms with Crippen LogP contribution in [0, 0.1) is 0 Å². The molecule has 0 spiro atoms. The van der Waals surface area contributed by atoms with E-state index in [1.165, 1.54) is 54.9 Å². The summed E-state index contributed by atoms with van der Waals surface area (Å²) in [6, 6.07) is 69.5. The van der Waals surface area contributed by atoms with Crippen LogP contribution in [0.3, 0.4) is 0 Å². The number of fused-ring (bicyclic) bond motifs is 9. The van der Waals surface area contributed by atoms with Crippen molar-refractivity contribution in [3.8, 4) is 67.3 Å². The summed E-state index contributed by atoms with van der Waals surface area (Å²) < 4.78 is 6.34. The number of hydrogen-bond acceptors (Lipinski definition) is 3. The van der Waals surface area contributed by atoms with Gasteiger partial charge in [-0.2, -0.15) is 0 Å². The Hall–Kier alpha value is -7.62. The zero-order valence-electron chi connectivity index (χ0n) is 33.3. The van der Waals surface area contributed by atoms with E-state index in [4.69, 9.17) is 14.4 Å². The minimum atomic E-state index is -0.116. The Kier molecular flexibility index (Phi) is 7.58. The van der Waals surface area contributed by atoms with Gasteiger partial charge in [0.05, 0.1) is 11.4 Å².